The molecule has 1 aromatic carbocycles. The first-order chi connectivity index (χ1) is 9.95. The van der Waals surface area contributed by atoms with Gasteiger partial charge < -0.3 is 5.32 Å². The summed E-state index contributed by atoms with van der Waals surface area (Å²) in [6.07, 6.45) is 1.54. The van der Waals surface area contributed by atoms with E-state index in [0.717, 1.165) is 5.56 Å². The molecule has 0 radical (unpaired) electrons. The van der Waals surface area contributed by atoms with Crippen LogP contribution < -0.4 is 5.32 Å². The van der Waals surface area contributed by atoms with Crippen LogP contribution in [0.5, 0.6) is 0 Å². The van der Waals surface area contributed by atoms with Gasteiger partial charge in [-0.3, -0.25) is 4.79 Å². The molecule has 0 saturated heterocycles. The maximum Gasteiger partial charge on any atom is 0.251 e. The van der Waals surface area contributed by atoms with Crippen LogP contribution in [0.4, 0.5) is 0 Å². The lowest BCUT2D eigenvalue weighted by Gasteiger charge is -2.17. The molecule has 0 saturated carbocycles. The van der Waals surface area contributed by atoms with E-state index in [9.17, 15) is 13.2 Å². The van der Waals surface area contributed by atoms with Crippen molar-refractivity contribution in [2.24, 2.45) is 0 Å². The van der Waals surface area contributed by atoms with Crippen molar-refractivity contribution in [1.82, 2.24) is 9.62 Å². The molecular formula is C15H20N2O3S. The third-order valence-corrected chi connectivity index (χ3v) is 4.72. The summed E-state index contributed by atoms with van der Waals surface area (Å²) in [6.45, 7) is 3.93. The number of benzene rings is 1. The van der Waals surface area contributed by atoms with Crippen LogP contribution in [0.25, 0.3) is 0 Å². The van der Waals surface area contributed by atoms with Crippen molar-refractivity contribution in [3.8, 4) is 0 Å². The highest BCUT2D eigenvalue weighted by Gasteiger charge is 2.17. The first-order valence-corrected chi connectivity index (χ1v) is 8.18. The molecule has 21 heavy (non-hydrogen) atoms. The second-order valence-corrected chi connectivity index (χ2v) is 6.75. The van der Waals surface area contributed by atoms with E-state index < -0.39 is 10.0 Å². The average molecular weight is 308 g/mol. The second-order valence-electron chi connectivity index (χ2n) is 4.55. The predicted molar refractivity (Wildman–Crippen MR) is 83.0 cm³/mol. The summed E-state index contributed by atoms with van der Waals surface area (Å²) in [5.41, 5.74) is 3.29. The Morgan fingerprint density at radius 2 is 2.05 bits per heavy atom. The van der Waals surface area contributed by atoms with Crippen molar-refractivity contribution in [1.29, 1.82) is 0 Å². The van der Waals surface area contributed by atoms with Gasteiger partial charge in [0.25, 0.3) is 5.91 Å². The number of nitrogens with zero attached hydrogens (tertiary/aromatic N) is 1. The summed E-state index contributed by atoms with van der Waals surface area (Å²) < 4.78 is 25.5. The molecule has 0 unspecified atom stereocenters. The van der Waals surface area contributed by atoms with Crippen LogP contribution in [0.1, 0.15) is 12.0 Å². The maximum absolute atomic E-state index is 12.1. The fourth-order valence-electron chi connectivity index (χ4n) is 1.70. The van der Waals surface area contributed by atoms with E-state index in [-0.39, 0.29) is 11.7 Å². The van der Waals surface area contributed by atoms with Crippen LogP contribution in [0.2, 0.25) is 0 Å². The molecule has 1 aromatic rings. The van der Waals surface area contributed by atoms with Gasteiger partial charge >= 0.3 is 0 Å². The second kappa shape index (κ2) is 8.42. The van der Waals surface area contributed by atoms with Crippen molar-refractivity contribution < 1.29 is 13.2 Å². The Balaban J connectivity index is 2.42. The fourth-order valence-corrected chi connectivity index (χ4v) is 2.87. The van der Waals surface area contributed by atoms with Crippen molar-refractivity contribution in [3.63, 3.8) is 0 Å². The summed E-state index contributed by atoms with van der Waals surface area (Å²) in [5, 5.41) is 2.56. The minimum atomic E-state index is -3.32. The lowest BCUT2D eigenvalue weighted by molar-refractivity contribution is -0.116. The molecule has 1 rings (SSSR count). The molecule has 5 nitrogen and oxygen atoms in total. The molecule has 1 N–H and O–H groups in total. The Morgan fingerprint density at radius 1 is 1.38 bits per heavy atom. The van der Waals surface area contributed by atoms with Gasteiger partial charge in [-0.1, -0.05) is 36.9 Å². The highest BCUT2D eigenvalue weighted by atomic mass is 32.2. The predicted octanol–water partition coefficient (Wildman–Crippen LogP) is 1.30. The molecule has 1 amide bonds. The monoisotopic (exact) mass is 308 g/mol. The van der Waals surface area contributed by atoms with Gasteiger partial charge in [-0.05, 0) is 12.0 Å². The number of carbonyl (C=O) groups is 1. The quantitative estimate of drug-likeness (QED) is 0.447. The van der Waals surface area contributed by atoms with Crippen molar-refractivity contribution >= 4 is 15.9 Å². The summed E-state index contributed by atoms with van der Waals surface area (Å²) in [7, 11) is -1.77. The summed E-state index contributed by atoms with van der Waals surface area (Å²) in [4.78, 5) is 11.1. The van der Waals surface area contributed by atoms with Gasteiger partial charge in [0, 0.05) is 26.2 Å². The van der Waals surface area contributed by atoms with Crippen LogP contribution >= 0.6 is 0 Å². The van der Waals surface area contributed by atoms with E-state index in [1.165, 1.54) is 10.4 Å². The molecular weight excluding hydrogens is 288 g/mol. The number of sulfonamides is 1. The zero-order valence-electron chi connectivity index (χ0n) is 12.1. The van der Waals surface area contributed by atoms with E-state index in [4.69, 9.17) is 0 Å². The normalized spacial score (nSPS) is 11.0. The summed E-state index contributed by atoms with van der Waals surface area (Å²) >= 11 is 0. The zero-order chi connectivity index (χ0) is 15.7. The van der Waals surface area contributed by atoms with E-state index in [1.807, 2.05) is 30.3 Å². The Bertz CT molecular complexity index is 605. The molecule has 0 atom stereocenters. The van der Waals surface area contributed by atoms with Crippen LogP contribution in [-0.4, -0.2) is 38.0 Å². The molecule has 0 spiro atoms. The van der Waals surface area contributed by atoms with Gasteiger partial charge in [0.1, 0.15) is 0 Å². The molecule has 0 aliphatic heterocycles. The topological polar surface area (TPSA) is 66.5 Å². The van der Waals surface area contributed by atoms with Gasteiger partial charge in [-0.25, -0.2) is 12.7 Å². The standard InChI is InChI=1S/C15H20N2O3S/c1-3-8-15(18)16-11-7-12-21(19,20)17(2)13-14-9-5-4-6-10-14/h4-6,8-10H,1,7,11-13H2,2H3,(H,16,18). The van der Waals surface area contributed by atoms with Crippen LogP contribution in [0, 0.1) is 0 Å². The third-order valence-electron chi connectivity index (χ3n) is 2.83. The van der Waals surface area contributed by atoms with Crippen molar-refractivity contribution in [2.75, 3.05) is 19.3 Å². The van der Waals surface area contributed by atoms with Gasteiger partial charge in [0.05, 0.1) is 5.75 Å². The van der Waals surface area contributed by atoms with E-state index in [1.54, 1.807) is 7.05 Å². The molecule has 0 fully saturated rings. The van der Waals surface area contributed by atoms with E-state index >= 15 is 0 Å². The van der Waals surface area contributed by atoms with Gasteiger partial charge in [-0.2, -0.15) is 0 Å². The Labute approximate surface area is 126 Å². The van der Waals surface area contributed by atoms with E-state index in [0.29, 0.717) is 19.5 Å². The lowest BCUT2D eigenvalue weighted by Crippen LogP contribution is -2.31. The number of carbonyl (C=O) groups excluding carboxylic acids is 1. The number of hydrogen-bond acceptors (Lipinski definition) is 3. The molecule has 114 valence electrons. The summed E-state index contributed by atoms with van der Waals surface area (Å²) in [5.74, 6) is -0.325. The number of rotatable bonds is 8. The fraction of sp³-hybridized carbons (Fsp3) is 0.333. The number of nitrogens with one attached hydrogen (secondary N) is 1. The molecule has 0 aliphatic rings. The first-order valence-electron chi connectivity index (χ1n) is 6.57. The van der Waals surface area contributed by atoms with Crippen LogP contribution in [-0.2, 0) is 21.4 Å². The highest BCUT2D eigenvalue weighted by Crippen LogP contribution is 2.08. The van der Waals surface area contributed by atoms with Gasteiger partial charge in [0.2, 0.25) is 10.0 Å². The SMILES string of the molecule is C=C=CC(=O)NCCCS(=O)(=O)N(C)Cc1ccccc1. The van der Waals surface area contributed by atoms with E-state index in [2.05, 4.69) is 17.6 Å². The third kappa shape index (κ3) is 6.40. The minimum Gasteiger partial charge on any atom is -0.352 e. The van der Waals surface area contributed by atoms with Crippen LogP contribution in [0.3, 0.4) is 0 Å². The highest BCUT2D eigenvalue weighted by molar-refractivity contribution is 7.89. The Morgan fingerprint density at radius 3 is 2.67 bits per heavy atom. The first kappa shape index (κ1) is 17.2. The smallest absolute Gasteiger partial charge is 0.251 e. The molecule has 0 aliphatic carbocycles. The molecule has 0 aromatic heterocycles. The molecule has 6 heteroatoms. The van der Waals surface area contributed by atoms with Crippen molar-refractivity contribution in [2.45, 2.75) is 13.0 Å². The average Bonchev–Trinajstić information content (AvgIpc) is 2.45. The molecule has 0 bridgehead atoms. The van der Waals surface area contributed by atoms with Crippen molar-refractivity contribution in [3.05, 3.63) is 54.3 Å². The Hall–Kier alpha value is -1.88. The summed E-state index contributed by atoms with van der Waals surface area (Å²) in [6, 6.07) is 9.40. The lowest BCUT2D eigenvalue weighted by atomic mass is 10.2. The molecule has 0 heterocycles. The largest absolute Gasteiger partial charge is 0.352 e. The maximum atomic E-state index is 12.1. The zero-order valence-corrected chi connectivity index (χ0v) is 12.9. The van der Waals surface area contributed by atoms with Gasteiger partial charge in [-0.15, -0.1) is 5.73 Å². The number of hydrogen-bond donors (Lipinski definition) is 1. The van der Waals surface area contributed by atoms with Gasteiger partial charge in [0.15, 0.2) is 0 Å². The number of amides is 1. The minimum absolute atomic E-state index is 0.00554. The van der Waals surface area contributed by atoms with Crippen LogP contribution in [0.15, 0.2) is 48.7 Å². The Kier molecular flexibility index (Phi) is 6.88.